The van der Waals surface area contributed by atoms with Crippen LogP contribution in [0.5, 0.6) is 5.75 Å². The Labute approximate surface area is 201 Å². The lowest BCUT2D eigenvalue weighted by Gasteiger charge is -2.34. The zero-order valence-corrected chi connectivity index (χ0v) is 19.9. The van der Waals surface area contributed by atoms with Gasteiger partial charge < -0.3 is 21.9 Å². The number of anilines is 2. The van der Waals surface area contributed by atoms with Crippen molar-refractivity contribution in [1.82, 2.24) is 9.69 Å². The number of amides is 3. The second kappa shape index (κ2) is 9.92. The number of phenolic OH excluding ortho intramolecular Hbond substituents is 1. The molecule has 0 saturated carbocycles. The van der Waals surface area contributed by atoms with Crippen molar-refractivity contribution in [2.24, 2.45) is 5.73 Å². The number of hydrogen-bond donors (Lipinski definition) is 4. The highest BCUT2D eigenvalue weighted by Crippen LogP contribution is 2.34. The highest BCUT2D eigenvalue weighted by atomic mass is 32.1. The van der Waals surface area contributed by atoms with E-state index in [2.05, 4.69) is 9.69 Å². The van der Waals surface area contributed by atoms with Crippen LogP contribution in [0.25, 0.3) is 0 Å². The number of aromatic hydroxyl groups is 1. The zero-order valence-electron chi connectivity index (χ0n) is 19.1. The Morgan fingerprint density at radius 2 is 1.74 bits per heavy atom. The first-order valence-electron chi connectivity index (χ1n) is 10.6. The molecule has 1 atom stereocenters. The van der Waals surface area contributed by atoms with Crippen LogP contribution in [0.15, 0.2) is 54.6 Å². The monoisotopic (exact) mass is 481 g/mol. The summed E-state index contributed by atoms with van der Waals surface area (Å²) in [5.74, 6) is -1.87. The number of nitrogens with zero attached hydrogens (tertiary/aromatic N) is 2. The molecule has 0 saturated heterocycles. The van der Waals surface area contributed by atoms with Gasteiger partial charge in [0.05, 0.1) is 5.69 Å². The molecule has 3 amide bonds. The number of benzene rings is 2. The number of nitrogens with two attached hydrogens (primary N) is 2. The van der Waals surface area contributed by atoms with E-state index >= 15 is 0 Å². The standard InChI is InChI=1S/C24H27N5O4S/c1-4-24(2,3)27-22(32)19(14-10-12-16(30)13-11-14)29(15-8-6-5-7-9-15)23(33)20-17(25)18(21(26)31)28-34-20/h5-13,19,30H,4,25H2,1-3H3,(H2,26,31)(H,27,32). The lowest BCUT2D eigenvalue weighted by atomic mass is 9.98. The van der Waals surface area contributed by atoms with Crippen molar-refractivity contribution in [3.63, 3.8) is 0 Å². The fourth-order valence-corrected chi connectivity index (χ4v) is 4.02. The third-order valence-corrected chi connectivity index (χ3v) is 6.32. The smallest absolute Gasteiger partial charge is 0.273 e. The van der Waals surface area contributed by atoms with Crippen LogP contribution in [0.2, 0.25) is 0 Å². The minimum absolute atomic E-state index is 0.0102. The molecule has 0 fully saturated rings. The van der Waals surface area contributed by atoms with Crippen LogP contribution in [0.1, 0.15) is 59.0 Å². The number of para-hydroxylation sites is 1. The molecule has 1 aromatic heterocycles. The molecule has 0 aliphatic heterocycles. The molecule has 9 nitrogen and oxygen atoms in total. The van der Waals surface area contributed by atoms with E-state index < -0.39 is 29.3 Å². The van der Waals surface area contributed by atoms with Crippen LogP contribution in [-0.2, 0) is 4.79 Å². The second-order valence-electron chi connectivity index (χ2n) is 8.37. The van der Waals surface area contributed by atoms with Crippen molar-refractivity contribution in [3.8, 4) is 5.75 Å². The van der Waals surface area contributed by atoms with Gasteiger partial charge in [0, 0.05) is 11.2 Å². The van der Waals surface area contributed by atoms with Gasteiger partial charge in [-0.2, -0.15) is 4.37 Å². The van der Waals surface area contributed by atoms with Crippen LogP contribution in [0, 0.1) is 0 Å². The number of nitrogens with one attached hydrogen (secondary N) is 1. The van der Waals surface area contributed by atoms with Gasteiger partial charge in [0.2, 0.25) is 5.91 Å². The minimum atomic E-state index is -1.11. The summed E-state index contributed by atoms with van der Waals surface area (Å²) >= 11 is 0.741. The van der Waals surface area contributed by atoms with E-state index in [4.69, 9.17) is 11.5 Å². The van der Waals surface area contributed by atoms with Gasteiger partial charge in [0.15, 0.2) is 5.69 Å². The number of phenols is 1. The van der Waals surface area contributed by atoms with Gasteiger partial charge in [-0.05, 0) is 61.6 Å². The zero-order chi connectivity index (χ0) is 25.0. The van der Waals surface area contributed by atoms with Gasteiger partial charge in [-0.15, -0.1) is 0 Å². The molecule has 178 valence electrons. The van der Waals surface area contributed by atoms with Gasteiger partial charge >= 0.3 is 0 Å². The number of carbonyl (C=O) groups excluding carboxylic acids is 3. The normalized spacial score (nSPS) is 12.1. The largest absolute Gasteiger partial charge is 0.508 e. The summed E-state index contributed by atoms with van der Waals surface area (Å²) in [6, 6.07) is 13.6. The Hall–Kier alpha value is -3.92. The third-order valence-electron chi connectivity index (χ3n) is 5.47. The van der Waals surface area contributed by atoms with Crippen LogP contribution < -0.4 is 21.7 Å². The first-order chi connectivity index (χ1) is 16.1. The van der Waals surface area contributed by atoms with Crippen molar-refractivity contribution >= 4 is 40.6 Å². The summed E-state index contributed by atoms with van der Waals surface area (Å²) in [6.45, 7) is 5.71. The Balaban J connectivity index is 2.20. The van der Waals surface area contributed by atoms with Crippen LogP contribution in [0.3, 0.4) is 0 Å². The molecule has 34 heavy (non-hydrogen) atoms. The van der Waals surface area contributed by atoms with Gasteiger partial charge in [0.25, 0.3) is 11.8 Å². The SMILES string of the molecule is CCC(C)(C)NC(=O)C(c1ccc(O)cc1)N(C(=O)c1snc(C(N)=O)c1N)c1ccccc1. The van der Waals surface area contributed by atoms with E-state index in [1.165, 1.54) is 17.0 Å². The van der Waals surface area contributed by atoms with Crippen molar-refractivity contribution in [2.75, 3.05) is 10.6 Å². The number of aromatic nitrogens is 1. The first kappa shape index (κ1) is 24.7. The molecule has 2 aromatic carbocycles. The fourth-order valence-electron chi connectivity index (χ4n) is 3.28. The van der Waals surface area contributed by atoms with E-state index in [0.717, 1.165) is 11.5 Å². The molecule has 10 heteroatoms. The van der Waals surface area contributed by atoms with Gasteiger partial charge in [-0.1, -0.05) is 37.3 Å². The Morgan fingerprint density at radius 3 is 2.26 bits per heavy atom. The van der Waals surface area contributed by atoms with E-state index in [1.54, 1.807) is 42.5 Å². The number of rotatable bonds is 8. The summed E-state index contributed by atoms with van der Waals surface area (Å²) in [5.41, 5.74) is 11.4. The van der Waals surface area contributed by atoms with E-state index in [9.17, 15) is 19.5 Å². The maximum Gasteiger partial charge on any atom is 0.273 e. The van der Waals surface area contributed by atoms with Crippen molar-refractivity contribution in [1.29, 1.82) is 0 Å². The third kappa shape index (κ3) is 5.18. The molecule has 1 heterocycles. The molecule has 1 unspecified atom stereocenters. The second-order valence-corrected chi connectivity index (χ2v) is 9.14. The Morgan fingerprint density at radius 1 is 1.12 bits per heavy atom. The van der Waals surface area contributed by atoms with Crippen molar-refractivity contribution in [2.45, 2.75) is 38.8 Å². The molecule has 0 spiro atoms. The molecule has 0 bridgehead atoms. The topological polar surface area (TPSA) is 152 Å². The van der Waals surface area contributed by atoms with E-state index in [1.807, 2.05) is 20.8 Å². The lowest BCUT2D eigenvalue weighted by Crippen LogP contribution is -2.50. The predicted molar refractivity (Wildman–Crippen MR) is 132 cm³/mol. The maximum atomic E-state index is 13.9. The number of nitrogen functional groups attached to an aromatic ring is 1. The molecule has 3 rings (SSSR count). The number of primary amides is 1. The molecular weight excluding hydrogens is 454 g/mol. The highest BCUT2D eigenvalue weighted by molar-refractivity contribution is 7.09. The fraction of sp³-hybridized carbons (Fsp3) is 0.250. The average Bonchev–Trinajstić information content (AvgIpc) is 3.19. The summed E-state index contributed by atoms with van der Waals surface area (Å²) in [5, 5.41) is 12.8. The maximum absolute atomic E-state index is 13.9. The predicted octanol–water partition coefficient (Wildman–Crippen LogP) is 3.22. The molecule has 0 aliphatic rings. The Bertz CT molecular complexity index is 1190. The summed E-state index contributed by atoms with van der Waals surface area (Å²) in [6.07, 6.45) is 0.657. The lowest BCUT2D eigenvalue weighted by molar-refractivity contribution is -0.124. The number of carbonyl (C=O) groups is 3. The quantitative estimate of drug-likeness (QED) is 0.388. The summed E-state index contributed by atoms with van der Waals surface area (Å²) < 4.78 is 3.93. The molecule has 0 radical (unpaired) electrons. The van der Waals surface area contributed by atoms with Crippen molar-refractivity contribution in [3.05, 3.63) is 70.7 Å². The summed E-state index contributed by atoms with van der Waals surface area (Å²) in [7, 11) is 0. The van der Waals surface area contributed by atoms with Crippen molar-refractivity contribution < 1.29 is 19.5 Å². The molecular formula is C24H27N5O4S. The Kier molecular flexibility index (Phi) is 7.21. The van der Waals surface area contributed by atoms with Crippen LogP contribution in [0.4, 0.5) is 11.4 Å². The van der Waals surface area contributed by atoms with E-state index in [-0.39, 0.29) is 22.0 Å². The summed E-state index contributed by atoms with van der Waals surface area (Å²) in [4.78, 5) is 40.5. The minimum Gasteiger partial charge on any atom is -0.508 e. The van der Waals surface area contributed by atoms with Crippen LogP contribution in [-0.4, -0.2) is 32.7 Å². The van der Waals surface area contributed by atoms with E-state index in [0.29, 0.717) is 17.7 Å². The molecule has 6 N–H and O–H groups in total. The van der Waals surface area contributed by atoms with Crippen LogP contribution >= 0.6 is 11.5 Å². The van der Waals surface area contributed by atoms with Gasteiger partial charge in [0.1, 0.15) is 16.7 Å². The molecule has 0 aliphatic carbocycles. The average molecular weight is 482 g/mol. The molecule has 3 aromatic rings. The highest BCUT2D eigenvalue weighted by Gasteiger charge is 2.37. The van der Waals surface area contributed by atoms with Gasteiger partial charge in [-0.25, -0.2) is 0 Å². The van der Waals surface area contributed by atoms with Gasteiger partial charge in [-0.3, -0.25) is 19.3 Å². The first-order valence-corrected chi connectivity index (χ1v) is 11.4. The number of hydrogen-bond acceptors (Lipinski definition) is 7.